The fourth-order valence-electron chi connectivity index (χ4n) is 3.42. The highest BCUT2D eigenvalue weighted by Crippen LogP contribution is 2.25. The number of likely N-dealkylation sites (tertiary alicyclic amines) is 1. The van der Waals surface area contributed by atoms with Crippen molar-refractivity contribution < 1.29 is 19.1 Å². The number of hydrogen-bond acceptors (Lipinski definition) is 4. The minimum atomic E-state index is -0.683. The Bertz CT molecular complexity index is 773. The first-order valence-corrected chi connectivity index (χ1v) is 9.60. The van der Waals surface area contributed by atoms with Crippen molar-refractivity contribution in [2.75, 3.05) is 7.11 Å². The average Bonchev–Trinajstić information content (AvgIpc) is 2.70. The van der Waals surface area contributed by atoms with Crippen molar-refractivity contribution in [3.8, 4) is 11.8 Å². The maximum absolute atomic E-state index is 12.6. The second-order valence-corrected chi connectivity index (χ2v) is 6.75. The van der Waals surface area contributed by atoms with Gasteiger partial charge in [-0.05, 0) is 37.8 Å². The molecular weight excluding hydrogens is 354 g/mol. The van der Waals surface area contributed by atoms with E-state index in [4.69, 9.17) is 4.74 Å². The zero-order valence-corrected chi connectivity index (χ0v) is 16.5. The van der Waals surface area contributed by atoms with E-state index in [-0.39, 0.29) is 17.7 Å². The molecule has 1 saturated heterocycles. The molecule has 5 heteroatoms. The van der Waals surface area contributed by atoms with Crippen molar-refractivity contribution in [1.29, 1.82) is 0 Å². The van der Waals surface area contributed by atoms with Gasteiger partial charge in [0.15, 0.2) is 5.78 Å². The Morgan fingerprint density at radius 1 is 1.32 bits per heavy atom. The van der Waals surface area contributed by atoms with Crippen molar-refractivity contribution >= 4 is 17.7 Å². The Kier molecular flexibility index (Phi) is 8.48. The molecule has 0 aliphatic carbocycles. The lowest BCUT2D eigenvalue weighted by Gasteiger charge is -2.38. The molecule has 1 heterocycles. The smallest absolute Gasteiger partial charge is 0.328 e. The van der Waals surface area contributed by atoms with Gasteiger partial charge in [-0.2, -0.15) is 0 Å². The quantitative estimate of drug-likeness (QED) is 0.394. The summed E-state index contributed by atoms with van der Waals surface area (Å²) in [6, 6.07) is 8.54. The van der Waals surface area contributed by atoms with Crippen LogP contribution in [0.1, 0.15) is 44.6 Å². The highest BCUT2D eigenvalue weighted by molar-refractivity contribution is 5.92. The van der Waals surface area contributed by atoms with Crippen molar-refractivity contribution in [3.63, 3.8) is 0 Å². The third-order valence-corrected chi connectivity index (χ3v) is 4.79. The predicted octanol–water partition coefficient (Wildman–Crippen LogP) is 3.08. The summed E-state index contributed by atoms with van der Waals surface area (Å²) in [7, 11) is 1.32. The molecule has 148 valence electrons. The number of ether oxygens (including phenoxy) is 1. The minimum absolute atomic E-state index is 0.0318. The molecule has 2 atom stereocenters. The number of carbonyl (C=O) groups excluding carboxylic acids is 3. The van der Waals surface area contributed by atoms with Gasteiger partial charge in [0.05, 0.1) is 13.2 Å². The van der Waals surface area contributed by atoms with E-state index in [9.17, 15) is 14.4 Å². The third-order valence-electron chi connectivity index (χ3n) is 4.79. The number of nitrogens with zero attached hydrogens (tertiary/aromatic N) is 1. The van der Waals surface area contributed by atoms with Gasteiger partial charge in [0.25, 0.3) is 0 Å². The molecule has 0 spiro atoms. The summed E-state index contributed by atoms with van der Waals surface area (Å²) in [5.41, 5.74) is 0.944. The van der Waals surface area contributed by atoms with Gasteiger partial charge in [-0.25, -0.2) is 4.79 Å². The van der Waals surface area contributed by atoms with Crippen LogP contribution < -0.4 is 0 Å². The Hall–Kier alpha value is -2.87. The molecule has 2 unspecified atom stereocenters. The van der Waals surface area contributed by atoms with Crippen LogP contribution in [0.4, 0.5) is 0 Å². The maximum atomic E-state index is 12.6. The van der Waals surface area contributed by atoms with Crippen molar-refractivity contribution in [3.05, 3.63) is 48.0 Å². The standard InChI is InChI=1S/C23H27NO4/c1-3-4-6-13-21(23(27)28-2)24-19(12-9-14-22(24)26)15-16-20(25)17-18-10-7-5-8-11-18/h5,7-8,10-11,15-16,19,21H,6,9,12-14,17H2,1-2H3/b16-15+. The molecule has 1 aliphatic rings. The van der Waals surface area contributed by atoms with Gasteiger partial charge in [0.2, 0.25) is 5.91 Å². The van der Waals surface area contributed by atoms with Gasteiger partial charge in [0, 0.05) is 19.3 Å². The van der Waals surface area contributed by atoms with Crippen LogP contribution in [0.25, 0.3) is 0 Å². The topological polar surface area (TPSA) is 63.7 Å². The molecule has 5 nitrogen and oxygen atoms in total. The SMILES string of the molecule is CC#CCCC(C(=O)OC)N1C(=O)CCCC1/C=C/C(=O)Cc1ccccc1. The van der Waals surface area contributed by atoms with Gasteiger partial charge in [-0.3, -0.25) is 9.59 Å². The number of piperidine rings is 1. The van der Waals surface area contributed by atoms with E-state index in [0.717, 1.165) is 12.0 Å². The number of esters is 1. The fourth-order valence-corrected chi connectivity index (χ4v) is 3.42. The number of carbonyl (C=O) groups is 3. The fraction of sp³-hybridized carbons (Fsp3) is 0.435. The van der Waals surface area contributed by atoms with Crippen LogP contribution in [0.2, 0.25) is 0 Å². The highest BCUT2D eigenvalue weighted by Gasteiger charge is 2.36. The molecule has 1 aromatic carbocycles. The van der Waals surface area contributed by atoms with Gasteiger partial charge in [-0.1, -0.05) is 36.4 Å². The predicted molar refractivity (Wildman–Crippen MR) is 107 cm³/mol. The number of benzene rings is 1. The highest BCUT2D eigenvalue weighted by atomic mass is 16.5. The maximum Gasteiger partial charge on any atom is 0.328 e. The number of hydrogen-bond donors (Lipinski definition) is 0. The Morgan fingerprint density at radius 3 is 2.75 bits per heavy atom. The van der Waals surface area contributed by atoms with E-state index >= 15 is 0 Å². The summed E-state index contributed by atoms with van der Waals surface area (Å²) in [6.45, 7) is 1.74. The first kappa shape index (κ1) is 21.4. The van der Waals surface area contributed by atoms with Crippen LogP contribution in [0.5, 0.6) is 0 Å². The molecule has 1 amide bonds. The Labute approximate surface area is 166 Å². The molecule has 0 N–H and O–H groups in total. The van der Waals surface area contributed by atoms with E-state index in [0.29, 0.717) is 32.1 Å². The van der Waals surface area contributed by atoms with Crippen molar-refractivity contribution in [2.24, 2.45) is 0 Å². The normalized spacial score (nSPS) is 17.7. The summed E-state index contributed by atoms with van der Waals surface area (Å²) in [6.07, 6.45) is 6.37. The first-order valence-electron chi connectivity index (χ1n) is 9.60. The van der Waals surface area contributed by atoms with Crippen LogP contribution in [-0.2, 0) is 25.5 Å². The molecule has 0 saturated carbocycles. The number of methoxy groups -OCH3 is 1. The summed E-state index contributed by atoms with van der Waals surface area (Å²) in [5, 5.41) is 0. The summed E-state index contributed by atoms with van der Waals surface area (Å²) in [4.78, 5) is 38.8. The number of amides is 1. The minimum Gasteiger partial charge on any atom is -0.467 e. The van der Waals surface area contributed by atoms with Crippen LogP contribution in [-0.4, -0.2) is 41.8 Å². The Balaban J connectivity index is 2.14. The van der Waals surface area contributed by atoms with Crippen molar-refractivity contribution in [1.82, 2.24) is 4.90 Å². The van der Waals surface area contributed by atoms with Crippen LogP contribution in [0.15, 0.2) is 42.5 Å². The van der Waals surface area contributed by atoms with Gasteiger partial charge < -0.3 is 9.64 Å². The number of rotatable bonds is 8. The van der Waals surface area contributed by atoms with Crippen LogP contribution in [0, 0.1) is 11.8 Å². The van der Waals surface area contributed by atoms with E-state index < -0.39 is 12.0 Å². The van der Waals surface area contributed by atoms with E-state index in [2.05, 4.69) is 11.8 Å². The van der Waals surface area contributed by atoms with Gasteiger partial charge in [0.1, 0.15) is 6.04 Å². The lowest BCUT2D eigenvalue weighted by Crippen LogP contribution is -2.52. The third kappa shape index (κ3) is 6.09. The Morgan fingerprint density at radius 2 is 2.07 bits per heavy atom. The molecule has 0 radical (unpaired) electrons. The number of ketones is 1. The largest absolute Gasteiger partial charge is 0.467 e. The molecule has 1 fully saturated rings. The lowest BCUT2D eigenvalue weighted by molar-refractivity contribution is -0.156. The zero-order valence-electron chi connectivity index (χ0n) is 16.5. The van der Waals surface area contributed by atoms with Gasteiger partial charge >= 0.3 is 5.97 Å². The summed E-state index contributed by atoms with van der Waals surface area (Å²) >= 11 is 0. The zero-order chi connectivity index (χ0) is 20.4. The first-order chi connectivity index (χ1) is 13.6. The second kappa shape index (κ2) is 11.1. The molecular formula is C23H27NO4. The molecule has 0 aromatic heterocycles. The second-order valence-electron chi connectivity index (χ2n) is 6.75. The number of allylic oxidation sites excluding steroid dienone is 1. The molecule has 0 bridgehead atoms. The summed E-state index contributed by atoms with van der Waals surface area (Å²) < 4.78 is 4.93. The van der Waals surface area contributed by atoms with E-state index in [1.807, 2.05) is 30.3 Å². The average molecular weight is 381 g/mol. The van der Waals surface area contributed by atoms with Crippen LogP contribution in [0.3, 0.4) is 0 Å². The van der Waals surface area contributed by atoms with Gasteiger partial charge in [-0.15, -0.1) is 11.8 Å². The molecule has 2 rings (SSSR count). The molecule has 28 heavy (non-hydrogen) atoms. The van der Waals surface area contributed by atoms with Crippen LogP contribution >= 0.6 is 0 Å². The molecule has 1 aromatic rings. The van der Waals surface area contributed by atoms with E-state index in [1.165, 1.54) is 13.2 Å². The van der Waals surface area contributed by atoms with E-state index in [1.54, 1.807) is 17.9 Å². The molecule has 1 aliphatic heterocycles. The van der Waals surface area contributed by atoms with Crippen molar-refractivity contribution in [2.45, 2.75) is 57.5 Å². The lowest BCUT2D eigenvalue weighted by atomic mass is 9.96. The monoisotopic (exact) mass is 381 g/mol. The summed E-state index contributed by atoms with van der Waals surface area (Å²) in [5.74, 6) is 5.18.